The molecular formula is C25H29FN8O. The zero-order valence-electron chi connectivity index (χ0n) is 19.5. The third-order valence-corrected chi connectivity index (χ3v) is 6.10. The van der Waals surface area contributed by atoms with Crippen molar-refractivity contribution in [3.63, 3.8) is 0 Å². The van der Waals surface area contributed by atoms with Crippen LogP contribution in [0, 0.1) is 5.82 Å². The fraction of sp³-hybridized carbons (Fsp3) is 0.360. The predicted molar refractivity (Wildman–Crippen MR) is 135 cm³/mol. The van der Waals surface area contributed by atoms with Gasteiger partial charge in [0, 0.05) is 24.8 Å². The number of nitrogens with zero attached hydrogens (tertiary/aromatic N) is 5. The van der Waals surface area contributed by atoms with Gasteiger partial charge in [0.15, 0.2) is 11.6 Å². The maximum atomic E-state index is 14.1. The van der Waals surface area contributed by atoms with Crippen molar-refractivity contribution in [1.82, 2.24) is 20.3 Å². The van der Waals surface area contributed by atoms with E-state index >= 15 is 0 Å². The third kappa shape index (κ3) is 6.09. The fourth-order valence-electron chi connectivity index (χ4n) is 4.22. The molecule has 5 rings (SSSR count). The Morgan fingerprint density at radius 3 is 2.60 bits per heavy atom. The summed E-state index contributed by atoms with van der Waals surface area (Å²) in [6.07, 6.45) is 8.19. The van der Waals surface area contributed by atoms with Gasteiger partial charge >= 0.3 is 0 Å². The predicted octanol–water partition coefficient (Wildman–Crippen LogP) is 3.85. The number of ether oxygens (including phenoxy) is 1. The zero-order chi connectivity index (χ0) is 23.9. The number of aromatic nitrogens is 3. The van der Waals surface area contributed by atoms with Gasteiger partial charge in [0.2, 0.25) is 5.95 Å². The number of rotatable bonds is 7. The van der Waals surface area contributed by atoms with Gasteiger partial charge < -0.3 is 20.3 Å². The molecule has 182 valence electrons. The zero-order valence-corrected chi connectivity index (χ0v) is 19.5. The summed E-state index contributed by atoms with van der Waals surface area (Å²) in [7, 11) is 0. The average Bonchev–Trinajstić information content (AvgIpc) is 2.92. The van der Waals surface area contributed by atoms with Crippen LogP contribution in [0.25, 0.3) is 0 Å². The van der Waals surface area contributed by atoms with Gasteiger partial charge in [-0.1, -0.05) is 18.6 Å². The van der Waals surface area contributed by atoms with Gasteiger partial charge in [-0.2, -0.15) is 10.1 Å². The molecule has 0 spiro atoms. The quantitative estimate of drug-likeness (QED) is 0.349. The molecule has 10 heteroatoms. The second-order valence-electron chi connectivity index (χ2n) is 8.56. The maximum Gasteiger partial charge on any atom is 0.245 e. The molecule has 0 radical (unpaired) electrons. The Balaban J connectivity index is 1.15. The number of morpholine rings is 1. The standard InChI is InChI=1S/C25H29FN8O/c26-22-17-29-25(32-24(22)34-11-13-35-14-12-34)33-30-16-20-8-9-21(15-28-20)31-19-6-4-18(5-7-19)23-3-1-2-10-27-23/h4-9,15-17,23,27,31H,1-3,10-14H2,(H,29,32,33)/b30-16+. The van der Waals surface area contributed by atoms with E-state index in [0.717, 1.165) is 24.1 Å². The van der Waals surface area contributed by atoms with Crippen LogP contribution in [0.3, 0.4) is 0 Å². The van der Waals surface area contributed by atoms with Crippen LogP contribution in [-0.4, -0.2) is 54.0 Å². The first-order valence-corrected chi connectivity index (χ1v) is 12.0. The van der Waals surface area contributed by atoms with Gasteiger partial charge in [-0.05, 0) is 49.2 Å². The van der Waals surface area contributed by atoms with Crippen LogP contribution in [0.15, 0.2) is 53.9 Å². The van der Waals surface area contributed by atoms with Gasteiger partial charge in [0.1, 0.15) is 0 Å². The summed E-state index contributed by atoms with van der Waals surface area (Å²) >= 11 is 0. The molecule has 3 aromatic rings. The SMILES string of the molecule is Fc1cnc(N/N=C/c2ccc(Nc3ccc(C4CCCCN4)cc3)cn2)nc1N1CCOCC1. The topological polar surface area (TPSA) is 99.6 Å². The minimum absolute atomic E-state index is 0.217. The van der Waals surface area contributed by atoms with Gasteiger partial charge in [-0.25, -0.2) is 14.8 Å². The summed E-state index contributed by atoms with van der Waals surface area (Å²) in [5, 5.41) is 11.1. The van der Waals surface area contributed by atoms with Crippen molar-refractivity contribution < 1.29 is 9.13 Å². The molecule has 1 unspecified atom stereocenters. The summed E-state index contributed by atoms with van der Waals surface area (Å²) < 4.78 is 19.5. The first kappa shape index (κ1) is 23.1. The lowest BCUT2D eigenvalue weighted by atomic mass is 9.97. The second kappa shape index (κ2) is 11.2. The lowest BCUT2D eigenvalue weighted by molar-refractivity contribution is 0.122. The molecule has 0 saturated carbocycles. The largest absolute Gasteiger partial charge is 0.378 e. The van der Waals surface area contributed by atoms with Crippen LogP contribution < -0.4 is 21.0 Å². The Labute approximate surface area is 203 Å². The molecule has 2 saturated heterocycles. The minimum Gasteiger partial charge on any atom is -0.378 e. The summed E-state index contributed by atoms with van der Waals surface area (Å²) in [5.74, 6) is -0.00151. The first-order chi connectivity index (χ1) is 17.2. The van der Waals surface area contributed by atoms with Gasteiger partial charge in [-0.15, -0.1) is 0 Å². The number of hydrogen-bond acceptors (Lipinski definition) is 9. The van der Waals surface area contributed by atoms with E-state index in [4.69, 9.17) is 4.74 Å². The maximum absolute atomic E-state index is 14.1. The lowest BCUT2D eigenvalue weighted by Gasteiger charge is -2.27. The number of hydrogen-bond donors (Lipinski definition) is 3. The number of hydrazone groups is 1. The molecule has 2 aliphatic heterocycles. The summed E-state index contributed by atoms with van der Waals surface area (Å²) in [4.78, 5) is 14.5. The van der Waals surface area contributed by atoms with E-state index in [0.29, 0.717) is 38.0 Å². The molecule has 35 heavy (non-hydrogen) atoms. The number of pyridine rings is 1. The number of benzene rings is 1. The van der Waals surface area contributed by atoms with Crippen molar-refractivity contribution in [3.8, 4) is 0 Å². The molecule has 0 bridgehead atoms. The van der Waals surface area contributed by atoms with Crippen molar-refractivity contribution in [2.45, 2.75) is 25.3 Å². The van der Waals surface area contributed by atoms with Gasteiger partial charge in [-0.3, -0.25) is 4.98 Å². The fourth-order valence-corrected chi connectivity index (χ4v) is 4.22. The van der Waals surface area contributed by atoms with E-state index in [9.17, 15) is 4.39 Å². The van der Waals surface area contributed by atoms with Gasteiger partial charge in [0.05, 0.1) is 43.2 Å². The second-order valence-corrected chi connectivity index (χ2v) is 8.56. The van der Waals surface area contributed by atoms with E-state index in [1.807, 2.05) is 17.0 Å². The van der Waals surface area contributed by atoms with Crippen LogP contribution in [0.2, 0.25) is 0 Å². The molecule has 2 aromatic heterocycles. The van der Waals surface area contributed by atoms with Crippen LogP contribution in [-0.2, 0) is 4.74 Å². The number of piperidine rings is 1. The smallest absolute Gasteiger partial charge is 0.245 e. The van der Waals surface area contributed by atoms with Crippen molar-refractivity contribution in [1.29, 1.82) is 0 Å². The van der Waals surface area contributed by atoms with Crippen LogP contribution in [0.1, 0.15) is 36.6 Å². The Morgan fingerprint density at radius 2 is 1.86 bits per heavy atom. The van der Waals surface area contributed by atoms with Crippen molar-refractivity contribution >= 4 is 29.4 Å². The molecule has 1 atom stereocenters. The Bertz CT molecular complexity index is 1130. The number of nitrogens with one attached hydrogen (secondary N) is 3. The molecular weight excluding hydrogens is 447 g/mol. The van der Waals surface area contributed by atoms with E-state index in [2.05, 4.69) is 60.4 Å². The summed E-state index contributed by atoms with van der Waals surface area (Å²) in [6, 6.07) is 12.8. The summed E-state index contributed by atoms with van der Waals surface area (Å²) in [6.45, 7) is 3.35. The van der Waals surface area contributed by atoms with Crippen molar-refractivity contribution in [2.75, 3.05) is 48.5 Å². The highest BCUT2D eigenvalue weighted by molar-refractivity contribution is 5.78. The third-order valence-electron chi connectivity index (χ3n) is 6.10. The molecule has 0 aliphatic carbocycles. The molecule has 9 nitrogen and oxygen atoms in total. The molecule has 3 N–H and O–H groups in total. The highest BCUT2D eigenvalue weighted by Crippen LogP contribution is 2.25. The minimum atomic E-state index is -0.466. The first-order valence-electron chi connectivity index (χ1n) is 12.0. The van der Waals surface area contributed by atoms with E-state index < -0.39 is 5.82 Å². The van der Waals surface area contributed by atoms with Crippen LogP contribution in [0.4, 0.5) is 27.5 Å². The van der Waals surface area contributed by atoms with E-state index in [-0.39, 0.29) is 11.8 Å². The molecule has 4 heterocycles. The molecule has 2 aliphatic rings. The van der Waals surface area contributed by atoms with Crippen molar-refractivity contribution in [3.05, 3.63) is 65.9 Å². The average molecular weight is 477 g/mol. The number of anilines is 4. The highest BCUT2D eigenvalue weighted by atomic mass is 19.1. The van der Waals surface area contributed by atoms with Crippen molar-refractivity contribution in [2.24, 2.45) is 5.10 Å². The normalized spacial score (nSPS) is 18.5. The lowest BCUT2D eigenvalue weighted by Crippen LogP contribution is -2.37. The van der Waals surface area contributed by atoms with Crippen LogP contribution in [0.5, 0.6) is 0 Å². The Kier molecular flexibility index (Phi) is 7.40. The number of halogens is 1. The van der Waals surface area contributed by atoms with E-state index in [1.165, 1.54) is 24.8 Å². The Morgan fingerprint density at radius 1 is 1.03 bits per heavy atom. The highest BCUT2D eigenvalue weighted by Gasteiger charge is 2.18. The summed E-state index contributed by atoms with van der Waals surface area (Å²) in [5.41, 5.74) is 6.64. The monoisotopic (exact) mass is 476 g/mol. The molecule has 2 fully saturated rings. The van der Waals surface area contributed by atoms with E-state index in [1.54, 1.807) is 12.4 Å². The van der Waals surface area contributed by atoms with Crippen LogP contribution >= 0.6 is 0 Å². The molecule has 1 aromatic carbocycles. The molecule has 0 amide bonds. The van der Waals surface area contributed by atoms with Gasteiger partial charge in [0.25, 0.3) is 0 Å². The Hall–Kier alpha value is -3.63.